The van der Waals surface area contributed by atoms with Crippen LogP contribution in [0.25, 0.3) is 27.3 Å². The summed E-state index contributed by atoms with van der Waals surface area (Å²) in [6.07, 6.45) is 2.10. The lowest BCUT2D eigenvalue weighted by Gasteiger charge is -2.31. The van der Waals surface area contributed by atoms with Crippen molar-refractivity contribution in [3.8, 4) is 5.75 Å². The molecule has 0 unspecified atom stereocenters. The monoisotopic (exact) mass is 307 g/mol. The van der Waals surface area contributed by atoms with Gasteiger partial charge < -0.3 is 14.8 Å². The number of fused-ring (bicyclic) bond motifs is 5. The van der Waals surface area contributed by atoms with Gasteiger partial charge in [-0.25, -0.2) is 4.79 Å². The van der Waals surface area contributed by atoms with E-state index in [0.29, 0.717) is 21.7 Å². The number of phenols is 1. The summed E-state index contributed by atoms with van der Waals surface area (Å²) < 4.78 is 5.45. The van der Waals surface area contributed by atoms with E-state index in [1.54, 1.807) is 18.2 Å². The fourth-order valence-electron chi connectivity index (χ4n) is 3.56. The lowest BCUT2D eigenvalue weighted by molar-refractivity contribution is 0.480. The molecule has 0 bridgehead atoms. The number of anilines is 1. The van der Waals surface area contributed by atoms with Crippen molar-refractivity contribution < 1.29 is 9.52 Å². The second-order valence-corrected chi connectivity index (χ2v) is 6.62. The third kappa shape index (κ3) is 1.95. The summed E-state index contributed by atoms with van der Waals surface area (Å²) in [6, 6.07) is 8.79. The summed E-state index contributed by atoms with van der Waals surface area (Å²) in [6.45, 7) is 6.16. The van der Waals surface area contributed by atoms with E-state index in [1.807, 2.05) is 19.1 Å². The lowest BCUT2D eigenvalue weighted by Crippen LogP contribution is -2.31. The predicted molar refractivity (Wildman–Crippen MR) is 93.0 cm³/mol. The molecule has 1 aromatic heterocycles. The van der Waals surface area contributed by atoms with Crippen molar-refractivity contribution in [2.75, 3.05) is 5.32 Å². The van der Waals surface area contributed by atoms with Crippen molar-refractivity contribution in [2.24, 2.45) is 0 Å². The first-order valence-electron chi connectivity index (χ1n) is 7.57. The molecule has 0 spiro atoms. The molecule has 2 N–H and O–H groups in total. The SMILES string of the molecule is CC1=CC(C)(C)Nc2ccc3c(c21)c(=O)oc1cccc(O)c13. The minimum Gasteiger partial charge on any atom is -0.507 e. The summed E-state index contributed by atoms with van der Waals surface area (Å²) in [5.41, 5.74) is 2.61. The fourth-order valence-corrected chi connectivity index (χ4v) is 3.56. The summed E-state index contributed by atoms with van der Waals surface area (Å²) in [5, 5.41) is 15.4. The average Bonchev–Trinajstić information content (AvgIpc) is 2.45. The molecule has 2 aromatic carbocycles. The first-order chi connectivity index (χ1) is 10.9. The van der Waals surface area contributed by atoms with Crippen molar-refractivity contribution in [3.63, 3.8) is 0 Å². The van der Waals surface area contributed by atoms with E-state index < -0.39 is 0 Å². The minimum atomic E-state index is -0.385. The second-order valence-electron chi connectivity index (χ2n) is 6.62. The van der Waals surface area contributed by atoms with Crippen LogP contribution in [-0.2, 0) is 0 Å². The minimum absolute atomic E-state index is 0.113. The van der Waals surface area contributed by atoms with Gasteiger partial charge in [0, 0.05) is 16.6 Å². The topological polar surface area (TPSA) is 62.5 Å². The normalized spacial score (nSPS) is 16.0. The van der Waals surface area contributed by atoms with Crippen LogP contribution in [-0.4, -0.2) is 10.6 Å². The number of hydrogen-bond acceptors (Lipinski definition) is 4. The highest BCUT2D eigenvalue weighted by molar-refractivity contribution is 6.12. The first kappa shape index (κ1) is 13.9. The first-order valence-corrected chi connectivity index (χ1v) is 7.57. The third-order valence-corrected chi connectivity index (χ3v) is 4.31. The van der Waals surface area contributed by atoms with E-state index >= 15 is 0 Å². The average molecular weight is 307 g/mol. The maximum absolute atomic E-state index is 12.6. The van der Waals surface area contributed by atoms with Crippen molar-refractivity contribution in [2.45, 2.75) is 26.3 Å². The van der Waals surface area contributed by atoms with Crippen LogP contribution >= 0.6 is 0 Å². The van der Waals surface area contributed by atoms with Crippen LogP contribution in [0, 0.1) is 0 Å². The quantitative estimate of drug-likeness (QED) is 0.481. The van der Waals surface area contributed by atoms with Gasteiger partial charge in [0.05, 0.1) is 16.3 Å². The zero-order valence-electron chi connectivity index (χ0n) is 13.2. The zero-order chi connectivity index (χ0) is 16.4. The number of phenolic OH excluding ortho intramolecular Hbond substituents is 1. The fraction of sp³-hybridized carbons (Fsp3) is 0.211. The van der Waals surface area contributed by atoms with E-state index in [2.05, 4.69) is 25.2 Å². The Labute approximate surface area is 133 Å². The van der Waals surface area contributed by atoms with E-state index in [9.17, 15) is 9.90 Å². The van der Waals surface area contributed by atoms with E-state index in [1.165, 1.54) is 0 Å². The number of allylic oxidation sites excluding steroid dienone is 1. The number of benzene rings is 2. The molecule has 0 radical (unpaired) electrons. The highest BCUT2D eigenvalue weighted by atomic mass is 16.4. The Morgan fingerprint density at radius 2 is 1.91 bits per heavy atom. The molecule has 0 saturated heterocycles. The Morgan fingerprint density at radius 1 is 1.13 bits per heavy atom. The molecule has 0 aliphatic carbocycles. The van der Waals surface area contributed by atoms with Crippen LogP contribution in [0.4, 0.5) is 5.69 Å². The highest BCUT2D eigenvalue weighted by Crippen LogP contribution is 2.40. The molecule has 0 amide bonds. The van der Waals surface area contributed by atoms with Crippen LogP contribution in [0.1, 0.15) is 26.3 Å². The molecule has 1 aliphatic rings. The Hall–Kier alpha value is -2.75. The standard InChI is InChI=1S/C19H17NO3/c1-10-9-19(2,3)20-12-8-7-11-16-13(21)5-4-6-14(16)23-18(22)17(11)15(10)12/h4-9,20-21H,1-3H3. The molecule has 23 heavy (non-hydrogen) atoms. The van der Waals surface area contributed by atoms with Gasteiger partial charge in [-0.05, 0) is 44.5 Å². The Kier molecular flexibility index (Phi) is 2.64. The highest BCUT2D eigenvalue weighted by Gasteiger charge is 2.26. The molecule has 1 aliphatic heterocycles. The van der Waals surface area contributed by atoms with Gasteiger partial charge in [-0.15, -0.1) is 0 Å². The summed E-state index contributed by atoms with van der Waals surface area (Å²) in [5.74, 6) is 0.113. The smallest absolute Gasteiger partial charge is 0.344 e. The van der Waals surface area contributed by atoms with Gasteiger partial charge in [0.25, 0.3) is 0 Å². The number of nitrogens with one attached hydrogen (secondary N) is 1. The van der Waals surface area contributed by atoms with Gasteiger partial charge in [0.15, 0.2) is 0 Å². The lowest BCUT2D eigenvalue weighted by atomic mass is 9.88. The van der Waals surface area contributed by atoms with Gasteiger partial charge in [-0.1, -0.05) is 18.2 Å². The Bertz CT molecular complexity index is 1060. The van der Waals surface area contributed by atoms with Gasteiger partial charge in [-0.3, -0.25) is 0 Å². The molecular weight excluding hydrogens is 290 g/mol. The van der Waals surface area contributed by atoms with Gasteiger partial charge in [-0.2, -0.15) is 0 Å². The summed E-state index contributed by atoms with van der Waals surface area (Å²) in [7, 11) is 0. The molecular formula is C19H17NO3. The maximum atomic E-state index is 12.6. The van der Waals surface area contributed by atoms with E-state index in [-0.39, 0.29) is 16.9 Å². The molecule has 4 nitrogen and oxygen atoms in total. The Morgan fingerprint density at radius 3 is 2.70 bits per heavy atom. The number of rotatable bonds is 0. The predicted octanol–water partition coefficient (Wildman–Crippen LogP) is 4.26. The Balaban J connectivity index is 2.23. The molecule has 0 fully saturated rings. The maximum Gasteiger partial charge on any atom is 0.344 e. The van der Waals surface area contributed by atoms with Gasteiger partial charge >= 0.3 is 5.63 Å². The molecule has 0 saturated carbocycles. The van der Waals surface area contributed by atoms with Crippen molar-refractivity contribution >= 4 is 33.0 Å². The summed E-state index contributed by atoms with van der Waals surface area (Å²) in [4.78, 5) is 12.6. The molecule has 0 atom stereocenters. The van der Waals surface area contributed by atoms with E-state index in [4.69, 9.17) is 4.42 Å². The molecule has 2 heterocycles. The number of aromatic hydroxyl groups is 1. The van der Waals surface area contributed by atoms with Gasteiger partial charge in [0.1, 0.15) is 11.3 Å². The van der Waals surface area contributed by atoms with Crippen LogP contribution in [0.2, 0.25) is 0 Å². The third-order valence-electron chi connectivity index (χ3n) is 4.31. The van der Waals surface area contributed by atoms with Crippen molar-refractivity contribution in [3.05, 3.63) is 52.4 Å². The van der Waals surface area contributed by atoms with Crippen LogP contribution in [0.15, 0.2) is 45.6 Å². The summed E-state index contributed by atoms with van der Waals surface area (Å²) >= 11 is 0. The second kappa shape index (κ2) is 4.38. The van der Waals surface area contributed by atoms with Gasteiger partial charge in [0.2, 0.25) is 0 Å². The van der Waals surface area contributed by atoms with Crippen LogP contribution < -0.4 is 10.9 Å². The van der Waals surface area contributed by atoms with Crippen LogP contribution in [0.5, 0.6) is 5.75 Å². The van der Waals surface area contributed by atoms with Crippen LogP contribution in [0.3, 0.4) is 0 Å². The molecule has 3 aromatic rings. The zero-order valence-corrected chi connectivity index (χ0v) is 13.2. The van der Waals surface area contributed by atoms with E-state index in [0.717, 1.165) is 16.8 Å². The molecule has 116 valence electrons. The largest absolute Gasteiger partial charge is 0.507 e. The van der Waals surface area contributed by atoms with Crippen molar-refractivity contribution in [1.82, 2.24) is 0 Å². The van der Waals surface area contributed by atoms with Crippen molar-refractivity contribution in [1.29, 1.82) is 0 Å². The molecule has 4 heteroatoms. The molecule has 4 rings (SSSR count). The number of hydrogen-bond donors (Lipinski definition) is 2.